The van der Waals surface area contributed by atoms with Crippen LogP contribution in [0, 0.1) is 0 Å². The number of nitrogens with zero attached hydrogens (tertiary/aromatic N) is 1. The highest BCUT2D eigenvalue weighted by atomic mass is 15.1. The van der Waals surface area contributed by atoms with Crippen LogP contribution in [0.5, 0.6) is 0 Å². The average molecular weight is 764 g/mol. The Morgan fingerprint density at radius 2 is 0.783 bits per heavy atom. The Balaban J connectivity index is 1.06. The number of hydrogen-bond acceptors (Lipinski definition) is 1. The molecule has 1 heteroatoms. The number of hydrogen-bond donors (Lipinski definition) is 0. The van der Waals surface area contributed by atoms with E-state index in [1.54, 1.807) is 0 Å². The van der Waals surface area contributed by atoms with Crippen molar-refractivity contribution in [3.63, 3.8) is 0 Å². The second-order valence-corrected chi connectivity index (χ2v) is 15.6. The van der Waals surface area contributed by atoms with Crippen LogP contribution in [0.3, 0.4) is 0 Å². The summed E-state index contributed by atoms with van der Waals surface area (Å²) in [6.07, 6.45) is 0. The summed E-state index contributed by atoms with van der Waals surface area (Å²) in [5.74, 6) is 0. The van der Waals surface area contributed by atoms with Crippen molar-refractivity contribution < 1.29 is 0 Å². The molecule has 11 rings (SSSR count). The molecule has 0 saturated heterocycles. The van der Waals surface area contributed by atoms with Crippen molar-refractivity contribution in [3.05, 3.63) is 271 Å². The molecular weight excluding hydrogens is 723 g/mol. The molecule has 0 aliphatic heterocycles. The zero-order valence-electron chi connectivity index (χ0n) is 33.1. The first kappa shape index (κ1) is 35.4. The first-order valence-electron chi connectivity index (χ1n) is 20.8. The molecule has 0 bridgehead atoms. The summed E-state index contributed by atoms with van der Waals surface area (Å²) in [6, 6.07) is 90.9. The van der Waals surface area contributed by atoms with Gasteiger partial charge in [-0.1, -0.05) is 218 Å². The normalized spacial score (nSPS) is 12.5. The van der Waals surface area contributed by atoms with E-state index >= 15 is 0 Å². The van der Waals surface area contributed by atoms with Crippen molar-refractivity contribution in [2.24, 2.45) is 0 Å². The molecule has 0 heterocycles. The van der Waals surface area contributed by atoms with Gasteiger partial charge in [0.2, 0.25) is 0 Å². The van der Waals surface area contributed by atoms with Crippen LogP contribution in [0.25, 0.3) is 55.3 Å². The highest BCUT2D eigenvalue weighted by molar-refractivity contribution is 6.00. The summed E-state index contributed by atoms with van der Waals surface area (Å²) in [5.41, 5.74) is 17.8. The van der Waals surface area contributed by atoms with E-state index in [1.165, 1.54) is 77.5 Å². The molecular formula is C59H41N. The SMILES string of the molecule is c1ccc(-c2ccc(-c3ccc(N(c4cccc(-c5cccc6c5-c5ccccc5C6(c5ccccc5)c5ccccc5)c4)c4cccc5ccccc45)cc3)cc2)cc1. The fraction of sp³-hybridized carbons (Fsp3) is 0.0169. The Bertz CT molecular complexity index is 3070. The second-order valence-electron chi connectivity index (χ2n) is 15.6. The van der Waals surface area contributed by atoms with E-state index in [1.807, 2.05) is 0 Å². The third-order valence-corrected chi connectivity index (χ3v) is 12.4. The zero-order valence-corrected chi connectivity index (χ0v) is 33.1. The minimum atomic E-state index is -0.458. The Morgan fingerprint density at radius 3 is 1.48 bits per heavy atom. The van der Waals surface area contributed by atoms with Gasteiger partial charge in [-0.05, 0) is 102 Å². The maximum atomic E-state index is 2.42. The zero-order chi connectivity index (χ0) is 39.9. The van der Waals surface area contributed by atoms with Crippen molar-refractivity contribution in [2.75, 3.05) is 4.90 Å². The van der Waals surface area contributed by atoms with Crippen LogP contribution in [-0.2, 0) is 5.41 Å². The van der Waals surface area contributed by atoms with Crippen molar-refractivity contribution in [1.29, 1.82) is 0 Å². The van der Waals surface area contributed by atoms with Crippen molar-refractivity contribution >= 4 is 27.8 Å². The minimum absolute atomic E-state index is 0.458. The molecule has 282 valence electrons. The molecule has 0 aromatic heterocycles. The molecule has 60 heavy (non-hydrogen) atoms. The van der Waals surface area contributed by atoms with Crippen LogP contribution in [-0.4, -0.2) is 0 Å². The number of anilines is 3. The summed E-state index contributed by atoms with van der Waals surface area (Å²) < 4.78 is 0. The molecule has 1 aliphatic carbocycles. The predicted octanol–water partition coefficient (Wildman–Crippen LogP) is 15.7. The van der Waals surface area contributed by atoms with Gasteiger partial charge in [0.15, 0.2) is 0 Å². The third kappa shape index (κ3) is 5.86. The van der Waals surface area contributed by atoms with Crippen LogP contribution < -0.4 is 4.90 Å². The van der Waals surface area contributed by atoms with Gasteiger partial charge in [0.25, 0.3) is 0 Å². The van der Waals surface area contributed by atoms with Crippen molar-refractivity contribution in [2.45, 2.75) is 5.41 Å². The van der Waals surface area contributed by atoms with Gasteiger partial charge in [-0.25, -0.2) is 0 Å². The van der Waals surface area contributed by atoms with Crippen LogP contribution in [0.2, 0.25) is 0 Å². The molecule has 0 spiro atoms. The minimum Gasteiger partial charge on any atom is -0.310 e. The quantitative estimate of drug-likeness (QED) is 0.149. The lowest BCUT2D eigenvalue weighted by Crippen LogP contribution is -2.28. The fourth-order valence-corrected chi connectivity index (χ4v) is 9.67. The Hall–Kier alpha value is -7.74. The average Bonchev–Trinajstić information content (AvgIpc) is 3.64. The van der Waals surface area contributed by atoms with E-state index in [0.29, 0.717) is 0 Å². The smallest absolute Gasteiger partial charge is 0.0713 e. The summed E-state index contributed by atoms with van der Waals surface area (Å²) >= 11 is 0. The molecule has 0 amide bonds. The lowest BCUT2D eigenvalue weighted by molar-refractivity contribution is 0.768. The van der Waals surface area contributed by atoms with Gasteiger partial charge < -0.3 is 4.90 Å². The van der Waals surface area contributed by atoms with E-state index in [9.17, 15) is 0 Å². The van der Waals surface area contributed by atoms with Gasteiger partial charge in [-0.15, -0.1) is 0 Å². The monoisotopic (exact) mass is 763 g/mol. The topological polar surface area (TPSA) is 3.24 Å². The van der Waals surface area contributed by atoms with Crippen LogP contribution in [0.4, 0.5) is 17.1 Å². The maximum absolute atomic E-state index is 2.42. The van der Waals surface area contributed by atoms with Gasteiger partial charge in [-0.3, -0.25) is 0 Å². The summed E-state index contributed by atoms with van der Waals surface area (Å²) in [7, 11) is 0. The first-order chi connectivity index (χ1) is 29.8. The summed E-state index contributed by atoms with van der Waals surface area (Å²) in [6.45, 7) is 0. The van der Waals surface area contributed by atoms with Gasteiger partial charge in [-0.2, -0.15) is 0 Å². The van der Waals surface area contributed by atoms with E-state index < -0.39 is 5.41 Å². The highest BCUT2D eigenvalue weighted by Crippen LogP contribution is 2.58. The first-order valence-corrected chi connectivity index (χ1v) is 20.8. The number of benzene rings is 10. The fourth-order valence-electron chi connectivity index (χ4n) is 9.67. The van der Waals surface area contributed by atoms with Crippen molar-refractivity contribution in [1.82, 2.24) is 0 Å². The highest BCUT2D eigenvalue weighted by Gasteiger charge is 2.46. The van der Waals surface area contributed by atoms with Gasteiger partial charge >= 0.3 is 0 Å². The maximum Gasteiger partial charge on any atom is 0.0713 e. The van der Waals surface area contributed by atoms with Gasteiger partial charge in [0.05, 0.1) is 11.1 Å². The lowest BCUT2D eigenvalue weighted by Gasteiger charge is -2.34. The molecule has 1 nitrogen and oxygen atoms in total. The molecule has 0 fully saturated rings. The third-order valence-electron chi connectivity index (χ3n) is 12.4. The predicted molar refractivity (Wildman–Crippen MR) is 252 cm³/mol. The van der Waals surface area contributed by atoms with E-state index in [-0.39, 0.29) is 0 Å². The Morgan fingerprint density at radius 1 is 0.300 bits per heavy atom. The van der Waals surface area contributed by atoms with E-state index in [2.05, 4.69) is 254 Å². The van der Waals surface area contributed by atoms with E-state index in [4.69, 9.17) is 0 Å². The Labute approximate surface area is 352 Å². The summed E-state index contributed by atoms with van der Waals surface area (Å²) in [5, 5.41) is 2.41. The molecule has 0 saturated carbocycles. The molecule has 1 aliphatic rings. The standard InChI is InChI=1S/C59H41N/c1-4-17-42(18-5-1)43-33-35-44(36-34-43)45-37-39-50(40-38-45)60(57-32-15-20-46-19-10-11-27-52(46)57)51-26-14-21-47(41-51)53-29-16-31-56-58(53)54-28-12-13-30-55(54)59(56,48-22-6-2-7-23-48)49-24-8-3-9-25-49/h1-41H. The van der Waals surface area contributed by atoms with Gasteiger partial charge in [0, 0.05) is 16.8 Å². The second kappa shape index (κ2) is 14.9. The number of fused-ring (bicyclic) bond motifs is 4. The number of rotatable bonds is 8. The largest absolute Gasteiger partial charge is 0.310 e. The molecule has 0 unspecified atom stereocenters. The summed E-state index contributed by atoms with van der Waals surface area (Å²) in [4.78, 5) is 2.42. The van der Waals surface area contributed by atoms with E-state index in [0.717, 1.165) is 17.1 Å². The lowest BCUT2D eigenvalue weighted by atomic mass is 9.67. The van der Waals surface area contributed by atoms with Crippen molar-refractivity contribution in [3.8, 4) is 44.5 Å². The molecule has 0 radical (unpaired) electrons. The van der Waals surface area contributed by atoms with Crippen LogP contribution in [0.1, 0.15) is 22.3 Å². The Kier molecular flexibility index (Phi) is 8.79. The molecule has 0 atom stereocenters. The van der Waals surface area contributed by atoms with Crippen LogP contribution >= 0.6 is 0 Å². The molecule has 10 aromatic carbocycles. The van der Waals surface area contributed by atoms with Crippen LogP contribution in [0.15, 0.2) is 249 Å². The molecule has 0 N–H and O–H groups in total. The molecule has 10 aromatic rings. The van der Waals surface area contributed by atoms with Gasteiger partial charge in [0.1, 0.15) is 0 Å².